The molecule has 0 aliphatic carbocycles. The summed E-state index contributed by atoms with van der Waals surface area (Å²) >= 11 is 3.15. The van der Waals surface area contributed by atoms with Crippen LogP contribution in [-0.2, 0) is 14.3 Å². The number of hydrogen-bond donors (Lipinski definition) is 1. The van der Waals surface area contributed by atoms with Crippen LogP contribution in [0.3, 0.4) is 0 Å². The molecule has 2 aliphatic rings. The molecule has 3 aromatic rings. The summed E-state index contributed by atoms with van der Waals surface area (Å²) in [6, 6.07) is 22.5. The van der Waals surface area contributed by atoms with Crippen molar-refractivity contribution in [1.29, 1.82) is 0 Å². The van der Waals surface area contributed by atoms with Crippen molar-refractivity contribution in [2.75, 3.05) is 11.5 Å². The van der Waals surface area contributed by atoms with Gasteiger partial charge in [0.2, 0.25) is 5.91 Å². The molecule has 1 amide bonds. The smallest absolute Gasteiger partial charge is 0.356 e. The van der Waals surface area contributed by atoms with E-state index in [1.165, 1.54) is 4.90 Å². The Kier molecular flexibility index (Phi) is 10.9. The summed E-state index contributed by atoms with van der Waals surface area (Å²) in [6.45, 7) is 0. The fourth-order valence-electron chi connectivity index (χ4n) is 4.18. The van der Waals surface area contributed by atoms with E-state index in [1.807, 2.05) is 84.3 Å². The third-order valence-corrected chi connectivity index (χ3v) is 8.21. The number of pyridine rings is 1. The van der Waals surface area contributed by atoms with Crippen LogP contribution in [0.15, 0.2) is 102 Å². The number of carbonyl (C=O) groups is 2. The number of nitrogens with zero attached hydrogens (tertiary/aromatic N) is 2. The molecule has 38 heavy (non-hydrogen) atoms. The van der Waals surface area contributed by atoms with Crippen LogP contribution in [0, 0.1) is 0 Å². The number of esters is 1. The van der Waals surface area contributed by atoms with Crippen molar-refractivity contribution in [3.8, 4) is 0 Å². The second-order valence-corrected chi connectivity index (χ2v) is 10.4. The summed E-state index contributed by atoms with van der Waals surface area (Å²) in [7, 11) is 0. The predicted octanol–water partition coefficient (Wildman–Crippen LogP) is 5.46. The maximum atomic E-state index is 13.7. The van der Waals surface area contributed by atoms with E-state index in [-0.39, 0.29) is 36.1 Å². The van der Waals surface area contributed by atoms with Crippen LogP contribution in [-0.4, -0.2) is 44.7 Å². The van der Waals surface area contributed by atoms with Gasteiger partial charge in [-0.1, -0.05) is 66.7 Å². The second kappa shape index (κ2) is 13.9. The van der Waals surface area contributed by atoms with Gasteiger partial charge >= 0.3 is 5.97 Å². The minimum absolute atomic E-state index is 0. The van der Waals surface area contributed by atoms with Crippen molar-refractivity contribution in [2.24, 2.45) is 5.73 Å². The summed E-state index contributed by atoms with van der Waals surface area (Å²) in [5.74, 6) is 0.414. The van der Waals surface area contributed by atoms with E-state index in [1.54, 1.807) is 35.9 Å². The van der Waals surface area contributed by atoms with Crippen molar-refractivity contribution < 1.29 is 14.3 Å². The lowest BCUT2D eigenvalue weighted by Gasteiger charge is -2.48. The second-order valence-electron chi connectivity index (χ2n) is 8.39. The van der Waals surface area contributed by atoms with Crippen LogP contribution in [0.25, 0.3) is 6.08 Å². The van der Waals surface area contributed by atoms with Crippen molar-refractivity contribution in [3.05, 3.63) is 119 Å². The van der Waals surface area contributed by atoms with Crippen molar-refractivity contribution in [3.63, 3.8) is 0 Å². The van der Waals surface area contributed by atoms with Crippen molar-refractivity contribution in [1.82, 2.24) is 9.88 Å². The lowest BCUT2D eigenvalue weighted by atomic mass is 10.0. The third-order valence-electron chi connectivity index (χ3n) is 6.01. The minimum atomic E-state index is -0.600. The first-order valence-corrected chi connectivity index (χ1v) is 13.6. The first-order valence-electron chi connectivity index (χ1n) is 11.5. The number of nitrogens with two attached hydrogens (primary N) is 1. The number of benzene rings is 2. The maximum absolute atomic E-state index is 13.7. The van der Waals surface area contributed by atoms with Crippen LogP contribution in [0.4, 0.5) is 0 Å². The highest BCUT2D eigenvalue weighted by Crippen LogP contribution is 2.41. The molecule has 2 aliphatic heterocycles. The van der Waals surface area contributed by atoms with E-state index in [0.29, 0.717) is 17.2 Å². The van der Waals surface area contributed by atoms with Crippen LogP contribution in [0.1, 0.15) is 22.8 Å². The first kappa shape index (κ1) is 29.8. The van der Waals surface area contributed by atoms with Gasteiger partial charge in [-0.2, -0.15) is 0 Å². The summed E-state index contributed by atoms with van der Waals surface area (Å²) < 4.78 is 6.13. The van der Waals surface area contributed by atoms with Gasteiger partial charge in [-0.15, -0.1) is 48.3 Å². The zero-order valence-electron chi connectivity index (χ0n) is 20.2. The van der Waals surface area contributed by atoms with Gasteiger partial charge < -0.3 is 10.5 Å². The summed E-state index contributed by atoms with van der Waals surface area (Å²) in [6.07, 6.45) is 4.90. The molecule has 198 valence electrons. The molecule has 6 nitrogen and oxygen atoms in total. The van der Waals surface area contributed by atoms with Gasteiger partial charge in [0.25, 0.3) is 0 Å². The predicted molar refractivity (Wildman–Crippen MR) is 159 cm³/mol. The van der Waals surface area contributed by atoms with Crippen molar-refractivity contribution >= 4 is 66.3 Å². The number of rotatable bonds is 8. The average molecular weight is 589 g/mol. The number of fused-ring (bicyclic) bond motifs is 1. The van der Waals surface area contributed by atoms with Gasteiger partial charge in [-0.05, 0) is 39.8 Å². The zero-order valence-corrected chi connectivity index (χ0v) is 23.5. The Balaban J connectivity index is 0.00000200. The summed E-state index contributed by atoms with van der Waals surface area (Å²) in [5.41, 5.74) is 9.95. The Hall–Kier alpha value is -2.75. The minimum Gasteiger partial charge on any atom is -0.448 e. The molecule has 1 fully saturated rings. The molecule has 0 bridgehead atoms. The fraction of sp³-hybridized carbons (Fsp3) is 0.179. The molecule has 2 aromatic carbocycles. The van der Waals surface area contributed by atoms with Gasteiger partial charge in [0.15, 0.2) is 6.10 Å². The summed E-state index contributed by atoms with van der Waals surface area (Å²) in [5, 5.41) is 1.73. The number of ether oxygens (including phenoxy) is 1. The molecule has 10 heteroatoms. The third kappa shape index (κ3) is 6.45. The number of carbonyl (C=O) groups excluding carboxylic acids is 2. The van der Waals surface area contributed by atoms with Gasteiger partial charge in [0.1, 0.15) is 17.1 Å². The fourth-order valence-corrected chi connectivity index (χ4v) is 6.39. The molecule has 2 unspecified atom stereocenters. The molecule has 0 saturated carbocycles. The standard InChI is InChI=1S/C28H25N3O3S2.2ClH/c29-23-26(32)31-24(22(18-36-27(23)31)17-35-15-13-19-8-7-14-30-16-19)28(33)34-25(20-9-3-1-4-10-20)21-11-5-2-6-12-21;;/h1-16,23,25,27H,17-18,29H2;2*1H/b15-13-;;. The van der Waals surface area contributed by atoms with Crippen LogP contribution in [0.5, 0.6) is 0 Å². The van der Waals surface area contributed by atoms with Crippen molar-refractivity contribution in [2.45, 2.75) is 17.5 Å². The lowest BCUT2D eigenvalue weighted by molar-refractivity contribution is -0.153. The van der Waals surface area contributed by atoms with Gasteiger partial charge in [0.05, 0.1) is 0 Å². The van der Waals surface area contributed by atoms with Gasteiger partial charge in [0, 0.05) is 23.9 Å². The van der Waals surface area contributed by atoms with E-state index in [0.717, 1.165) is 22.3 Å². The highest BCUT2D eigenvalue weighted by atomic mass is 35.5. The molecule has 1 aromatic heterocycles. The van der Waals surface area contributed by atoms with E-state index in [9.17, 15) is 9.59 Å². The number of thioether (sulfide) groups is 2. The lowest BCUT2D eigenvalue weighted by Crippen LogP contribution is -2.68. The molecule has 3 heterocycles. The molecule has 0 radical (unpaired) electrons. The van der Waals surface area contributed by atoms with Crippen LogP contribution < -0.4 is 5.73 Å². The van der Waals surface area contributed by atoms with Gasteiger partial charge in [-0.25, -0.2) is 4.79 Å². The van der Waals surface area contributed by atoms with E-state index in [4.69, 9.17) is 10.5 Å². The molecule has 1 saturated heterocycles. The number of β-lactam (4-membered cyclic amide) rings is 1. The van der Waals surface area contributed by atoms with Crippen LogP contribution >= 0.6 is 48.3 Å². The average Bonchev–Trinajstić information content (AvgIpc) is 2.94. The molecular weight excluding hydrogens is 561 g/mol. The highest BCUT2D eigenvalue weighted by molar-refractivity contribution is 8.02. The number of amides is 1. The first-order chi connectivity index (χ1) is 17.6. The Labute approximate surface area is 242 Å². The normalized spacial score (nSPS) is 18.4. The Morgan fingerprint density at radius 1 is 1.08 bits per heavy atom. The number of hydrogen-bond acceptors (Lipinski definition) is 7. The monoisotopic (exact) mass is 587 g/mol. The number of aromatic nitrogens is 1. The quantitative estimate of drug-likeness (QED) is 0.276. The SMILES string of the molecule is Cl.Cl.NC1C(=O)N2C(C(=O)OC(c3ccccc3)c3ccccc3)=C(CS/C=C\c3cccnc3)CSC12. The Morgan fingerprint density at radius 3 is 2.34 bits per heavy atom. The highest BCUT2D eigenvalue weighted by Gasteiger charge is 2.52. The van der Waals surface area contributed by atoms with E-state index in [2.05, 4.69) is 4.98 Å². The maximum Gasteiger partial charge on any atom is 0.356 e. The van der Waals surface area contributed by atoms with E-state index >= 15 is 0 Å². The number of halogens is 2. The summed E-state index contributed by atoms with van der Waals surface area (Å²) in [4.78, 5) is 32.1. The molecule has 0 spiro atoms. The molecule has 2 N–H and O–H groups in total. The molecular formula is C28H27Cl2N3O3S2. The molecule has 2 atom stereocenters. The Bertz CT molecular complexity index is 1250. The molecule has 5 rings (SSSR count). The van der Waals surface area contributed by atoms with Crippen LogP contribution in [0.2, 0.25) is 0 Å². The largest absolute Gasteiger partial charge is 0.448 e. The van der Waals surface area contributed by atoms with E-state index < -0.39 is 18.1 Å². The van der Waals surface area contributed by atoms with Gasteiger partial charge in [-0.3, -0.25) is 14.7 Å². The zero-order chi connectivity index (χ0) is 24.9. The Morgan fingerprint density at radius 2 is 1.74 bits per heavy atom. The topological polar surface area (TPSA) is 85.5 Å².